The van der Waals surface area contributed by atoms with E-state index in [9.17, 15) is 0 Å². The molecule has 0 aliphatic rings. The molecule has 0 heterocycles. The van der Waals surface area contributed by atoms with Crippen molar-refractivity contribution in [1.29, 1.82) is 5.26 Å². The van der Waals surface area contributed by atoms with E-state index in [4.69, 9.17) is 5.26 Å². The van der Waals surface area contributed by atoms with E-state index in [1.165, 1.54) is 11.1 Å². The summed E-state index contributed by atoms with van der Waals surface area (Å²) in [5.41, 5.74) is 3.12. The average molecular weight is 315 g/mol. The maximum absolute atomic E-state index is 8.75. The Labute approximate surface area is 122 Å². The molecule has 0 saturated carbocycles. The molecule has 19 heavy (non-hydrogen) atoms. The molecular formula is C16H15BrN2. The molecule has 0 aromatic heterocycles. The Bertz CT molecular complexity index is 584. The minimum absolute atomic E-state index is 0.270. The van der Waals surface area contributed by atoms with Gasteiger partial charge in [-0.3, -0.25) is 0 Å². The summed E-state index contributed by atoms with van der Waals surface area (Å²) in [4.78, 5) is 0. The van der Waals surface area contributed by atoms with Gasteiger partial charge in [0.2, 0.25) is 0 Å². The van der Waals surface area contributed by atoms with Crippen LogP contribution >= 0.6 is 15.9 Å². The summed E-state index contributed by atoms with van der Waals surface area (Å²) in [5.74, 6) is 0. The minimum Gasteiger partial charge on any atom is -0.306 e. The zero-order chi connectivity index (χ0) is 13.7. The Morgan fingerprint density at radius 2 is 1.84 bits per heavy atom. The van der Waals surface area contributed by atoms with Gasteiger partial charge in [-0.2, -0.15) is 5.26 Å². The number of nitrogens with zero attached hydrogens (tertiary/aromatic N) is 1. The summed E-state index contributed by atoms with van der Waals surface area (Å²) in [5, 5.41) is 12.2. The summed E-state index contributed by atoms with van der Waals surface area (Å²) in [6.07, 6.45) is 0. The Hall–Kier alpha value is -1.63. The molecule has 0 unspecified atom stereocenters. The highest BCUT2D eigenvalue weighted by Crippen LogP contribution is 2.22. The van der Waals surface area contributed by atoms with E-state index in [2.05, 4.69) is 46.4 Å². The molecule has 0 fully saturated rings. The van der Waals surface area contributed by atoms with Crippen LogP contribution in [0.1, 0.15) is 29.7 Å². The predicted molar refractivity (Wildman–Crippen MR) is 80.6 cm³/mol. The number of nitriles is 1. The monoisotopic (exact) mass is 314 g/mol. The van der Waals surface area contributed by atoms with E-state index in [1.54, 1.807) is 0 Å². The maximum Gasteiger partial charge on any atom is 0.0991 e. The lowest BCUT2D eigenvalue weighted by molar-refractivity contribution is 0.573. The average Bonchev–Trinajstić information content (AvgIpc) is 2.46. The molecule has 2 aromatic rings. The third-order valence-electron chi connectivity index (χ3n) is 3.07. The fourth-order valence-electron chi connectivity index (χ4n) is 1.90. The fourth-order valence-corrected chi connectivity index (χ4v) is 2.53. The first kappa shape index (κ1) is 13.8. The number of halogens is 1. The van der Waals surface area contributed by atoms with Crippen molar-refractivity contribution >= 4 is 15.9 Å². The van der Waals surface area contributed by atoms with Crippen LogP contribution in [0, 0.1) is 11.3 Å². The summed E-state index contributed by atoms with van der Waals surface area (Å²) < 4.78 is 1.12. The van der Waals surface area contributed by atoms with Gasteiger partial charge in [0, 0.05) is 17.1 Å². The highest BCUT2D eigenvalue weighted by Gasteiger charge is 2.07. The second-order valence-electron chi connectivity index (χ2n) is 4.43. The molecule has 2 aromatic carbocycles. The summed E-state index contributed by atoms with van der Waals surface area (Å²) in [6.45, 7) is 2.93. The van der Waals surface area contributed by atoms with Crippen LogP contribution in [0.4, 0.5) is 0 Å². The topological polar surface area (TPSA) is 35.8 Å². The molecule has 0 amide bonds. The van der Waals surface area contributed by atoms with E-state index in [0.717, 1.165) is 11.0 Å². The van der Waals surface area contributed by atoms with Gasteiger partial charge in [0.15, 0.2) is 0 Å². The van der Waals surface area contributed by atoms with E-state index >= 15 is 0 Å². The van der Waals surface area contributed by atoms with Crippen molar-refractivity contribution in [2.45, 2.75) is 19.5 Å². The molecule has 1 atom stereocenters. The second kappa shape index (κ2) is 6.51. The quantitative estimate of drug-likeness (QED) is 0.919. The number of rotatable bonds is 4. The van der Waals surface area contributed by atoms with E-state index in [0.29, 0.717) is 5.56 Å². The lowest BCUT2D eigenvalue weighted by atomic mass is 10.1. The molecule has 2 nitrogen and oxygen atoms in total. The van der Waals surface area contributed by atoms with Crippen LogP contribution in [0.5, 0.6) is 0 Å². The van der Waals surface area contributed by atoms with Gasteiger partial charge in [-0.25, -0.2) is 0 Å². The van der Waals surface area contributed by atoms with Crippen LogP contribution < -0.4 is 5.32 Å². The number of hydrogen-bond acceptors (Lipinski definition) is 2. The first-order valence-corrected chi connectivity index (χ1v) is 6.97. The molecule has 0 spiro atoms. The maximum atomic E-state index is 8.75. The normalized spacial score (nSPS) is 11.8. The van der Waals surface area contributed by atoms with Gasteiger partial charge in [-0.1, -0.05) is 46.3 Å². The van der Waals surface area contributed by atoms with Crippen molar-refractivity contribution in [2.24, 2.45) is 0 Å². The fraction of sp³-hybridized carbons (Fsp3) is 0.188. The third-order valence-corrected chi connectivity index (χ3v) is 3.79. The van der Waals surface area contributed by atoms with Gasteiger partial charge >= 0.3 is 0 Å². The highest BCUT2D eigenvalue weighted by molar-refractivity contribution is 9.10. The van der Waals surface area contributed by atoms with Crippen LogP contribution in [0.15, 0.2) is 53.0 Å². The first-order chi connectivity index (χ1) is 9.20. The Balaban J connectivity index is 1.98. The van der Waals surface area contributed by atoms with E-state index in [-0.39, 0.29) is 6.04 Å². The van der Waals surface area contributed by atoms with Crippen molar-refractivity contribution < 1.29 is 0 Å². The lowest BCUT2D eigenvalue weighted by Gasteiger charge is -2.15. The molecule has 0 radical (unpaired) electrons. The van der Waals surface area contributed by atoms with Crippen molar-refractivity contribution in [2.75, 3.05) is 0 Å². The molecule has 96 valence electrons. The second-order valence-corrected chi connectivity index (χ2v) is 5.29. The SMILES string of the molecule is C[C@H](NCc1ccc(C#N)cc1)c1ccccc1Br. The molecule has 3 heteroatoms. The lowest BCUT2D eigenvalue weighted by Crippen LogP contribution is -2.18. The molecule has 0 aliphatic heterocycles. The Morgan fingerprint density at radius 3 is 2.47 bits per heavy atom. The Kier molecular flexibility index (Phi) is 4.73. The van der Waals surface area contributed by atoms with Gasteiger partial charge in [0.25, 0.3) is 0 Å². The smallest absolute Gasteiger partial charge is 0.0991 e. The largest absolute Gasteiger partial charge is 0.306 e. The predicted octanol–water partition coefficient (Wildman–Crippen LogP) is 4.17. The molecule has 1 N–H and O–H groups in total. The Morgan fingerprint density at radius 1 is 1.16 bits per heavy atom. The van der Waals surface area contributed by atoms with Gasteiger partial charge in [0.05, 0.1) is 11.6 Å². The zero-order valence-electron chi connectivity index (χ0n) is 10.7. The van der Waals surface area contributed by atoms with Crippen molar-refractivity contribution in [3.63, 3.8) is 0 Å². The summed E-state index contributed by atoms with van der Waals surface area (Å²) in [6, 6.07) is 18.3. The highest BCUT2D eigenvalue weighted by atomic mass is 79.9. The summed E-state index contributed by atoms with van der Waals surface area (Å²) >= 11 is 3.57. The number of nitrogens with one attached hydrogen (secondary N) is 1. The van der Waals surface area contributed by atoms with Gasteiger partial charge in [0.1, 0.15) is 0 Å². The van der Waals surface area contributed by atoms with Crippen molar-refractivity contribution in [1.82, 2.24) is 5.32 Å². The van der Waals surface area contributed by atoms with E-state index in [1.807, 2.05) is 36.4 Å². The minimum atomic E-state index is 0.270. The van der Waals surface area contributed by atoms with Crippen LogP contribution in [0.25, 0.3) is 0 Å². The van der Waals surface area contributed by atoms with Gasteiger partial charge < -0.3 is 5.32 Å². The molecular weight excluding hydrogens is 300 g/mol. The van der Waals surface area contributed by atoms with E-state index < -0.39 is 0 Å². The van der Waals surface area contributed by atoms with Crippen LogP contribution in [-0.4, -0.2) is 0 Å². The number of benzene rings is 2. The number of hydrogen-bond donors (Lipinski definition) is 1. The van der Waals surface area contributed by atoms with Crippen LogP contribution in [-0.2, 0) is 6.54 Å². The molecule has 0 bridgehead atoms. The van der Waals surface area contributed by atoms with Crippen molar-refractivity contribution in [3.05, 3.63) is 69.7 Å². The molecule has 0 saturated heterocycles. The summed E-state index contributed by atoms with van der Waals surface area (Å²) in [7, 11) is 0. The molecule has 2 rings (SSSR count). The third kappa shape index (κ3) is 3.66. The molecule has 0 aliphatic carbocycles. The zero-order valence-corrected chi connectivity index (χ0v) is 12.3. The van der Waals surface area contributed by atoms with Gasteiger partial charge in [-0.05, 0) is 36.2 Å². The van der Waals surface area contributed by atoms with Gasteiger partial charge in [-0.15, -0.1) is 0 Å². The van der Waals surface area contributed by atoms with Crippen molar-refractivity contribution in [3.8, 4) is 6.07 Å². The first-order valence-electron chi connectivity index (χ1n) is 6.17. The van der Waals surface area contributed by atoms with Crippen LogP contribution in [0.3, 0.4) is 0 Å². The van der Waals surface area contributed by atoms with Crippen LogP contribution in [0.2, 0.25) is 0 Å². The standard InChI is InChI=1S/C16H15BrN2/c1-12(15-4-2-3-5-16(15)17)19-11-14-8-6-13(10-18)7-9-14/h2-9,12,19H,11H2,1H3/t12-/m0/s1.